The second-order valence-electron chi connectivity index (χ2n) is 10.4. The molecular weight excluding hydrogens is 506 g/mol. The molecule has 0 saturated carbocycles. The summed E-state index contributed by atoms with van der Waals surface area (Å²) in [4.78, 5) is 21.2. The van der Waals surface area contributed by atoms with E-state index < -0.39 is 0 Å². The standard InChI is InChI=1S/C29H41N9O2/c1-3-39-24-16-20(17-25(26(24)30)40-4-2)19-37-14-8-21(9-15-37)23-18-35-29(38(31)22-6-12-32-13-7-22)36-27(23)28-33-10-5-11-34-28/h5,10-11,16-18,21-22,32H,3-4,6-9,12-15,19,30-31H2,1-2H3. The van der Waals surface area contributed by atoms with Gasteiger partial charge in [0.1, 0.15) is 22.9 Å². The van der Waals surface area contributed by atoms with Gasteiger partial charge in [-0.1, -0.05) is 0 Å². The first kappa shape index (κ1) is 28.0. The number of nitrogen functional groups attached to an aromatic ring is 1. The van der Waals surface area contributed by atoms with Crippen LogP contribution in [0.25, 0.3) is 11.5 Å². The lowest BCUT2D eigenvalue weighted by Crippen LogP contribution is -2.48. The van der Waals surface area contributed by atoms with Crippen LogP contribution in [0.5, 0.6) is 11.5 Å². The normalized spacial score (nSPS) is 17.1. The smallest absolute Gasteiger partial charge is 0.240 e. The van der Waals surface area contributed by atoms with Crippen LogP contribution in [-0.4, -0.2) is 70.3 Å². The topological polar surface area (TPSA) is 141 Å². The molecule has 0 spiro atoms. The van der Waals surface area contributed by atoms with E-state index in [9.17, 15) is 0 Å². The molecule has 2 aromatic heterocycles. The SMILES string of the molecule is CCOc1cc(CN2CCC(c3cnc(N(N)C4CCNCC4)nc3-c3ncccn3)CC2)cc(OCC)c1N. The Morgan fingerprint density at radius 2 is 1.62 bits per heavy atom. The van der Waals surface area contributed by atoms with Gasteiger partial charge >= 0.3 is 0 Å². The monoisotopic (exact) mass is 547 g/mol. The molecule has 40 heavy (non-hydrogen) atoms. The summed E-state index contributed by atoms with van der Waals surface area (Å²) in [5.41, 5.74) is 9.82. The number of hydrazine groups is 1. The van der Waals surface area contributed by atoms with E-state index >= 15 is 0 Å². The summed E-state index contributed by atoms with van der Waals surface area (Å²) >= 11 is 0. The Morgan fingerprint density at radius 1 is 0.975 bits per heavy atom. The van der Waals surface area contributed by atoms with E-state index in [1.807, 2.05) is 38.2 Å². The van der Waals surface area contributed by atoms with Crippen LogP contribution in [0.1, 0.15) is 56.6 Å². The molecule has 2 fully saturated rings. The second kappa shape index (κ2) is 13.2. The van der Waals surface area contributed by atoms with Gasteiger partial charge in [0, 0.05) is 30.7 Å². The molecule has 3 aromatic rings. The zero-order chi connectivity index (χ0) is 27.9. The predicted molar refractivity (Wildman–Crippen MR) is 156 cm³/mol. The summed E-state index contributed by atoms with van der Waals surface area (Å²) in [5.74, 6) is 9.31. The molecule has 5 rings (SSSR count). The Morgan fingerprint density at radius 3 is 2.25 bits per heavy atom. The number of anilines is 2. The van der Waals surface area contributed by atoms with Gasteiger partial charge in [-0.3, -0.25) is 9.91 Å². The molecule has 2 aliphatic heterocycles. The zero-order valence-electron chi connectivity index (χ0n) is 23.6. The number of nitrogens with two attached hydrogens (primary N) is 2. The number of aromatic nitrogens is 4. The van der Waals surface area contributed by atoms with Crippen LogP contribution in [0.3, 0.4) is 0 Å². The molecule has 5 N–H and O–H groups in total. The highest BCUT2D eigenvalue weighted by molar-refractivity contribution is 5.64. The van der Waals surface area contributed by atoms with Crippen molar-refractivity contribution in [2.45, 2.75) is 58.0 Å². The molecule has 0 atom stereocenters. The quantitative estimate of drug-likeness (QED) is 0.196. The number of rotatable bonds is 10. The maximum atomic E-state index is 6.51. The lowest BCUT2D eigenvalue weighted by Gasteiger charge is -2.33. The van der Waals surface area contributed by atoms with Crippen LogP contribution < -0.4 is 31.4 Å². The number of ether oxygens (including phenoxy) is 2. The molecule has 0 radical (unpaired) electrons. The van der Waals surface area contributed by atoms with Crippen molar-refractivity contribution in [1.29, 1.82) is 0 Å². The van der Waals surface area contributed by atoms with Gasteiger partial charge < -0.3 is 20.5 Å². The number of piperidine rings is 2. The van der Waals surface area contributed by atoms with Crippen molar-refractivity contribution in [2.24, 2.45) is 5.84 Å². The molecule has 0 bridgehead atoms. The molecule has 2 aliphatic rings. The van der Waals surface area contributed by atoms with Gasteiger partial charge in [-0.15, -0.1) is 0 Å². The van der Waals surface area contributed by atoms with Crippen molar-refractivity contribution in [3.63, 3.8) is 0 Å². The Labute approximate surface area is 236 Å². The molecule has 4 heterocycles. The summed E-state index contributed by atoms with van der Waals surface area (Å²) in [6.07, 6.45) is 9.33. The fourth-order valence-corrected chi connectivity index (χ4v) is 5.61. The molecule has 11 heteroatoms. The van der Waals surface area contributed by atoms with Crippen molar-refractivity contribution in [2.75, 3.05) is 50.1 Å². The number of nitrogens with zero attached hydrogens (tertiary/aromatic N) is 6. The minimum absolute atomic E-state index is 0.208. The molecule has 0 unspecified atom stereocenters. The molecule has 2 saturated heterocycles. The Balaban J connectivity index is 1.32. The summed E-state index contributed by atoms with van der Waals surface area (Å²) < 4.78 is 11.6. The van der Waals surface area contributed by atoms with Crippen molar-refractivity contribution < 1.29 is 9.47 Å². The lowest BCUT2D eigenvalue weighted by atomic mass is 9.88. The van der Waals surface area contributed by atoms with E-state index in [-0.39, 0.29) is 6.04 Å². The first-order valence-corrected chi connectivity index (χ1v) is 14.4. The average Bonchev–Trinajstić information content (AvgIpc) is 3.00. The lowest BCUT2D eigenvalue weighted by molar-refractivity contribution is 0.204. The van der Waals surface area contributed by atoms with E-state index in [1.165, 1.54) is 0 Å². The first-order valence-electron chi connectivity index (χ1n) is 14.4. The zero-order valence-corrected chi connectivity index (χ0v) is 23.6. The van der Waals surface area contributed by atoms with Crippen LogP contribution in [0.2, 0.25) is 0 Å². The van der Waals surface area contributed by atoms with E-state index in [0.29, 0.717) is 48.1 Å². The average molecular weight is 548 g/mol. The van der Waals surface area contributed by atoms with Gasteiger partial charge in [0.25, 0.3) is 0 Å². The maximum absolute atomic E-state index is 6.51. The van der Waals surface area contributed by atoms with Crippen molar-refractivity contribution in [3.05, 3.63) is 47.9 Å². The van der Waals surface area contributed by atoms with E-state index in [0.717, 1.165) is 75.2 Å². The minimum atomic E-state index is 0.208. The van der Waals surface area contributed by atoms with Gasteiger partial charge in [0.2, 0.25) is 5.95 Å². The first-order chi connectivity index (χ1) is 19.6. The molecule has 214 valence electrons. The van der Waals surface area contributed by atoms with Crippen molar-refractivity contribution >= 4 is 11.6 Å². The minimum Gasteiger partial charge on any atom is -0.492 e. The largest absolute Gasteiger partial charge is 0.492 e. The summed E-state index contributed by atoms with van der Waals surface area (Å²) in [7, 11) is 0. The fraction of sp³-hybridized carbons (Fsp3) is 0.517. The number of hydrogen-bond donors (Lipinski definition) is 3. The van der Waals surface area contributed by atoms with Crippen LogP contribution in [0.15, 0.2) is 36.8 Å². The van der Waals surface area contributed by atoms with E-state index in [4.69, 9.17) is 31.0 Å². The third-order valence-corrected chi connectivity index (χ3v) is 7.71. The van der Waals surface area contributed by atoms with E-state index in [1.54, 1.807) is 17.4 Å². The fourth-order valence-electron chi connectivity index (χ4n) is 5.61. The van der Waals surface area contributed by atoms with Crippen LogP contribution in [0, 0.1) is 0 Å². The molecule has 1 aromatic carbocycles. The third-order valence-electron chi connectivity index (χ3n) is 7.71. The van der Waals surface area contributed by atoms with Crippen molar-refractivity contribution in [3.8, 4) is 23.0 Å². The van der Waals surface area contributed by atoms with Crippen LogP contribution in [0.4, 0.5) is 11.6 Å². The van der Waals surface area contributed by atoms with Gasteiger partial charge in [-0.05, 0) is 95.4 Å². The Hall–Kier alpha value is -3.54. The van der Waals surface area contributed by atoms with Gasteiger partial charge in [0.05, 0.1) is 19.3 Å². The summed E-state index contributed by atoms with van der Waals surface area (Å²) in [5, 5.41) is 5.10. The van der Waals surface area contributed by atoms with Crippen LogP contribution >= 0.6 is 0 Å². The number of nitrogens with one attached hydrogen (secondary N) is 1. The highest BCUT2D eigenvalue weighted by Crippen LogP contribution is 2.37. The molecule has 11 nitrogen and oxygen atoms in total. The predicted octanol–water partition coefficient (Wildman–Crippen LogP) is 3.12. The van der Waals surface area contributed by atoms with Gasteiger partial charge in [-0.25, -0.2) is 25.8 Å². The highest BCUT2D eigenvalue weighted by Gasteiger charge is 2.28. The van der Waals surface area contributed by atoms with Crippen molar-refractivity contribution in [1.82, 2.24) is 30.2 Å². The number of likely N-dealkylation sites (tertiary alicyclic amines) is 1. The Bertz CT molecular complexity index is 1220. The summed E-state index contributed by atoms with van der Waals surface area (Å²) in [6, 6.07) is 6.09. The Kier molecular flexibility index (Phi) is 9.25. The third kappa shape index (κ3) is 6.43. The molecule has 0 amide bonds. The van der Waals surface area contributed by atoms with Gasteiger partial charge in [0.15, 0.2) is 5.82 Å². The van der Waals surface area contributed by atoms with Gasteiger partial charge in [-0.2, -0.15) is 0 Å². The maximum Gasteiger partial charge on any atom is 0.240 e. The molecule has 0 aliphatic carbocycles. The highest BCUT2D eigenvalue weighted by atomic mass is 16.5. The van der Waals surface area contributed by atoms with Crippen LogP contribution in [-0.2, 0) is 6.54 Å². The van der Waals surface area contributed by atoms with E-state index in [2.05, 4.69) is 20.2 Å². The number of hydrogen-bond acceptors (Lipinski definition) is 11. The number of benzene rings is 1. The molecular formula is C29H41N9O2. The summed E-state index contributed by atoms with van der Waals surface area (Å²) in [6.45, 7) is 9.60. The second-order valence-corrected chi connectivity index (χ2v) is 10.4.